The zero-order chi connectivity index (χ0) is 13.3. The van der Waals surface area contributed by atoms with Crippen LogP contribution in [0.5, 0.6) is 0 Å². The molecule has 0 amide bonds. The van der Waals surface area contributed by atoms with Gasteiger partial charge in [0.05, 0.1) is 6.21 Å². The molecule has 0 atom stereocenters. The highest BCUT2D eigenvalue weighted by Gasteiger charge is 1.97. The summed E-state index contributed by atoms with van der Waals surface area (Å²) in [5, 5.41) is 11.4. The number of rotatable bonds is 5. The van der Waals surface area contributed by atoms with Gasteiger partial charge >= 0.3 is 0 Å². The Balaban J connectivity index is 1.85. The van der Waals surface area contributed by atoms with E-state index in [9.17, 15) is 0 Å². The van der Waals surface area contributed by atoms with Crippen LogP contribution >= 0.6 is 0 Å². The quantitative estimate of drug-likeness (QED) is 0.283. The van der Waals surface area contributed by atoms with Gasteiger partial charge in [0.1, 0.15) is 0 Å². The van der Waals surface area contributed by atoms with Crippen molar-refractivity contribution in [2.24, 2.45) is 5.16 Å². The molecule has 2 aromatic rings. The molecule has 0 fully saturated rings. The summed E-state index contributed by atoms with van der Waals surface area (Å²) in [6.45, 7) is 1.70. The third kappa shape index (κ3) is 4.35. The van der Waals surface area contributed by atoms with Gasteiger partial charge in [0, 0.05) is 29.8 Å². The fourth-order valence-electron chi connectivity index (χ4n) is 1.69. The first kappa shape index (κ1) is 13.0. The molecule has 2 rings (SSSR count). The van der Waals surface area contributed by atoms with E-state index in [0.29, 0.717) is 0 Å². The van der Waals surface area contributed by atoms with E-state index >= 15 is 0 Å². The van der Waals surface area contributed by atoms with Crippen molar-refractivity contribution in [1.82, 2.24) is 0 Å². The molecule has 0 bridgehead atoms. The van der Waals surface area contributed by atoms with E-state index in [0.717, 1.165) is 18.7 Å². The van der Waals surface area contributed by atoms with Gasteiger partial charge in [0.25, 0.3) is 0 Å². The van der Waals surface area contributed by atoms with E-state index in [2.05, 4.69) is 26.4 Å². The molecule has 0 aromatic carbocycles. The molecule has 96 valence electrons. The van der Waals surface area contributed by atoms with Crippen molar-refractivity contribution in [2.45, 2.75) is 13.1 Å². The second-order valence-corrected chi connectivity index (χ2v) is 4.12. The van der Waals surface area contributed by atoms with Crippen LogP contribution in [0.4, 0.5) is 0 Å². The number of pyridine rings is 2. The van der Waals surface area contributed by atoms with E-state index in [1.54, 1.807) is 0 Å². The van der Waals surface area contributed by atoms with Gasteiger partial charge in [-0.1, -0.05) is 11.2 Å². The van der Waals surface area contributed by atoms with Crippen LogP contribution in [0.15, 0.2) is 72.4 Å². The van der Waals surface area contributed by atoms with Crippen molar-refractivity contribution < 1.29 is 14.3 Å². The fraction of sp³-hybridized carbons (Fsp3) is 0.133. The molecule has 0 saturated carbocycles. The summed E-state index contributed by atoms with van der Waals surface area (Å²) < 4.78 is 4.17. The number of hydrogen-bond acceptors (Lipinski definition) is 2. The monoisotopic (exact) mass is 255 g/mol. The van der Waals surface area contributed by atoms with E-state index in [1.807, 2.05) is 55.1 Å². The molecule has 0 aliphatic heterocycles. The predicted octanol–water partition coefficient (Wildman–Crippen LogP) is 1.33. The summed E-state index contributed by atoms with van der Waals surface area (Å²) in [5.41, 5.74) is 0.877. The molecule has 4 heteroatoms. The average molecular weight is 255 g/mol. The van der Waals surface area contributed by atoms with Crippen LogP contribution in [0.2, 0.25) is 0 Å². The van der Waals surface area contributed by atoms with Crippen LogP contribution in [0.1, 0.15) is 5.56 Å². The van der Waals surface area contributed by atoms with Crippen molar-refractivity contribution in [1.29, 1.82) is 0 Å². The molecule has 4 nitrogen and oxygen atoms in total. The van der Waals surface area contributed by atoms with Gasteiger partial charge in [-0.05, 0) is 12.2 Å². The third-order valence-corrected chi connectivity index (χ3v) is 2.70. The molecule has 0 spiro atoms. The van der Waals surface area contributed by atoms with Crippen LogP contribution in [-0.4, -0.2) is 11.4 Å². The maximum atomic E-state index is 8.42. The molecule has 0 saturated heterocycles. The number of oxime groups is 1. The van der Waals surface area contributed by atoms with E-state index in [4.69, 9.17) is 5.21 Å². The third-order valence-electron chi connectivity index (χ3n) is 2.70. The number of aromatic nitrogens is 2. The van der Waals surface area contributed by atoms with Crippen LogP contribution in [-0.2, 0) is 13.1 Å². The zero-order valence-electron chi connectivity index (χ0n) is 10.6. The number of hydrogen-bond donors (Lipinski definition) is 1. The molecule has 0 aliphatic carbocycles. The Kier molecular flexibility index (Phi) is 4.81. The lowest BCUT2D eigenvalue weighted by Crippen LogP contribution is -2.33. The standard InChI is InChI=1S/C15H16N3O/c19-16-14-15-6-12-18(13-7-15)11-5-4-10-17-8-2-1-3-9-17/h1-9,12-14H,10-11H2/q+1/p+1/b5-4+. The smallest absolute Gasteiger partial charge is 0.169 e. The summed E-state index contributed by atoms with van der Waals surface area (Å²) in [7, 11) is 0. The van der Waals surface area contributed by atoms with Gasteiger partial charge in [-0.2, -0.15) is 0 Å². The van der Waals surface area contributed by atoms with Crippen LogP contribution < -0.4 is 9.13 Å². The first-order chi connectivity index (χ1) is 9.38. The fourth-order valence-corrected chi connectivity index (χ4v) is 1.69. The first-order valence-electron chi connectivity index (χ1n) is 6.14. The van der Waals surface area contributed by atoms with Gasteiger partial charge in [0.2, 0.25) is 0 Å². The maximum Gasteiger partial charge on any atom is 0.169 e. The first-order valence-corrected chi connectivity index (χ1v) is 6.14. The highest BCUT2D eigenvalue weighted by Crippen LogP contribution is 1.90. The lowest BCUT2D eigenvalue weighted by atomic mass is 10.3. The largest absolute Gasteiger partial charge is 0.411 e. The van der Waals surface area contributed by atoms with Crippen LogP contribution in [0.3, 0.4) is 0 Å². The van der Waals surface area contributed by atoms with Crippen molar-refractivity contribution in [2.75, 3.05) is 0 Å². The van der Waals surface area contributed by atoms with E-state index < -0.39 is 0 Å². The molecule has 2 aromatic heterocycles. The van der Waals surface area contributed by atoms with Gasteiger partial charge in [-0.15, -0.1) is 0 Å². The predicted molar refractivity (Wildman–Crippen MR) is 71.8 cm³/mol. The van der Waals surface area contributed by atoms with Gasteiger partial charge in [-0.25, -0.2) is 9.13 Å². The lowest BCUT2D eigenvalue weighted by Gasteiger charge is -1.93. The van der Waals surface area contributed by atoms with Crippen molar-refractivity contribution in [3.63, 3.8) is 0 Å². The second kappa shape index (κ2) is 7.06. The molecule has 0 aliphatic rings. The Morgan fingerprint density at radius 2 is 1.47 bits per heavy atom. The molecule has 2 heterocycles. The minimum Gasteiger partial charge on any atom is -0.411 e. The summed E-state index contributed by atoms with van der Waals surface area (Å²) >= 11 is 0. The maximum absolute atomic E-state index is 8.42. The molecule has 0 radical (unpaired) electrons. The highest BCUT2D eigenvalue weighted by molar-refractivity contribution is 5.78. The SMILES string of the molecule is O/N=C\c1cc[n+](C/C=C/C[n+]2ccccc2)cc1. The Bertz CT molecular complexity index is 547. The molecule has 1 N–H and O–H groups in total. The molecular formula is C15H17N3O+2. The van der Waals surface area contributed by atoms with Crippen molar-refractivity contribution >= 4 is 6.21 Å². The van der Waals surface area contributed by atoms with E-state index in [1.165, 1.54) is 6.21 Å². The summed E-state index contributed by atoms with van der Waals surface area (Å²) in [6, 6.07) is 9.85. The second-order valence-electron chi connectivity index (χ2n) is 4.12. The Hall–Kier alpha value is -2.49. The van der Waals surface area contributed by atoms with E-state index in [-0.39, 0.29) is 0 Å². The molecule has 19 heavy (non-hydrogen) atoms. The topological polar surface area (TPSA) is 40.4 Å². The highest BCUT2D eigenvalue weighted by atomic mass is 16.4. The average Bonchev–Trinajstić information content (AvgIpc) is 2.47. The summed E-state index contributed by atoms with van der Waals surface area (Å²) in [4.78, 5) is 0. The Morgan fingerprint density at radius 1 is 0.895 bits per heavy atom. The van der Waals surface area contributed by atoms with Crippen molar-refractivity contribution in [3.05, 3.63) is 72.8 Å². The van der Waals surface area contributed by atoms with Gasteiger partial charge < -0.3 is 5.21 Å². The number of nitrogens with zero attached hydrogens (tertiary/aromatic N) is 3. The molecular weight excluding hydrogens is 238 g/mol. The van der Waals surface area contributed by atoms with Crippen LogP contribution in [0.25, 0.3) is 0 Å². The summed E-state index contributed by atoms with van der Waals surface area (Å²) in [5.74, 6) is 0. The van der Waals surface area contributed by atoms with Crippen molar-refractivity contribution in [3.8, 4) is 0 Å². The van der Waals surface area contributed by atoms with Crippen LogP contribution in [0, 0.1) is 0 Å². The normalized spacial score (nSPS) is 11.4. The van der Waals surface area contributed by atoms with Gasteiger partial charge in [-0.3, -0.25) is 0 Å². The minimum absolute atomic E-state index is 0.823. The summed E-state index contributed by atoms with van der Waals surface area (Å²) in [6.07, 6.45) is 13.7. The lowest BCUT2D eigenvalue weighted by molar-refractivity contribution is -0.691. The van der Waals surface area contributed by atoms with Gasteiger partial charge in [0.15, 0.2) is 37.9 Å². The molecule has 0 unspecified atom stereocenters. The minimum atomic E-state index is 0.823. The Labute approximate surface area is 112 Å². The Morgan fingerprint density at radius 3 is 2.05 bits per heavy atom. The zero-order valence-corrected chi connectivity index (χ0v) is 10.6. The number of allylic oxidation sites excluding steroid dienone is 2.